The van der Waals surface area contributed by atoms with Gasteiger partial charge in [0.2, 0.25) is 0 Å². The third-order valence-electron chi connectivity index (χ3n) is 5.98. The molecule has 2 bridgehead atoms. The van der Waals surface area contributed by atoms with Gasteiger partial charge >= 0.3 is 0 Å². The van der Waals surface area contributed by atoms with Crippen molar-refractivity contribution in [2.45, 2.75) is 57.3 Å². The molecule has 3 heterocycles. The van der Waals surface area contributed by atoms with Gasteiger partial charge in [-0.05, 0) is 62.8 Å². The molecule has 31 heavy (non-hydrogen) atoms. The first-order valence-corrected chi connectivity index (χ1v) is 10.4. The number of amides is 1. The van der Waals surface area contributed by atoms with Crippen LogP contribution < -0.4 is 5.73 Å². The quantitative estimate of drug-likeness (QED) is 0.524. The van der Waals surface area contributed by atoms with E-state index in [0.29, 0.717) is 23.0 Å². The summed E-state index contributed by atoms with van der Waals surface area (Å²) in [5.41, 5.74) is 8.54. The Morgan fingerprint density at radius 1 is 1.42 bits per heavy atom. The van der Waals surface area contributed by atoms with E-state index in [0.717, 1.165) is 29.5 Å². The molecule has 0 saturated heterocycles. The van der Waals surface area contributed by atoms with Crippen LogP contribution in [0.4, 0.5) is 0 Å². The highest BCUT2D eigenvalue weighted by Gasteiger charge is 2.42. The van der Waals surface area contributed by atoms with Crippen LogP contribution in [0, 0.1) is 11.8 Å². The molecule has 6 nitrogen and oxygen atoms in total. The first-order chi connectivity index (χ1) is 14.6. The van der Waals surface area contributed by atoms with Crippen molar-refractivity contribution in [2.24, 2.45) is 5.73 Å². The van der Waals surface area contributed by atoms with Gasteiger partial charge in [0, 0.05) is 17.2 Å². The molecule has 6 heteroatoms. The molecule has 2 aliphatic heterocycles. The average Bonchev–Trinajstić information content (AvgIpc) is 2.93. The Bertz CT molecular complexity index is 1170. The molecule has 160 valence electrons. The Balaban J connectivity index is 1.94. The molecule has 1 aromatic carbocycles. The zero-order chi connectivity index (χ0) is 22.5. The summed E-state index contributed by atoms with van der Waals surface area (Å²) in [6.07, 6.45) is 4.12. The summed E-state index contributed by atoms with van der Waals surface area (Å²) in [5, 5.41) is 21.0. The smallest absolute Gasteiger partial charge is 0.269 e. The van der Waals surface area contributed by atoms with Crippen molar-refractivity contribution in [1.29, 1.82) is 0 Å². The molecule has 1 unspecified atom stereocenters. The van der Waals surface area contributed by atoms with E-state index in [4.69, 9.17) is 5.73 Å². The van der Waals surface area contributed by atoms with Crippen LogP contribution in [0.15, 0.2) is 42.5 Å². The van der Waals surface area contributed by atoms with Crippen LogP contribution in [-0.4, -0.2) is 31.3 Å². The van der Waals surface area contributed by atoms with Gasteiger partial charge in [0.25, 0.3) is 5.91 Å². The SMILES string of the molecule is C=CC=C(C)C(O)c1c(C(N)=O)nc2n1C1CC(C1)c1ccc(C#CC(C)(C)O)cc1-2. The van der Waals surface area contributed by atoms with Crippen molar-refractivity contribution in [3.63, 3.8) is 0 Å². The predicted molar refractivity (Wildman–Crippen MR) is 119 cm³/mol. The number of primary amides is 1. The third-order valence-corrected chi connectivity index (χ3v) is 5.98. The first kappa shape index (κ1) is 21.1. The maximum atomic E-state index is 12.3. The maximum Gasteiger partial charge on any atom is 0.269 e. The summed E-state index contributed by atoms with van der Waals surface area (Å²) in [4.78, 5) is 16.9. The highest BCUT2D eigenvalue weighted by molar-refractivity contribution is 5.93. The molecule has 2 aromatic rings. The third kappa shape index (κ3) is 3.71. The number of carbonyl (C=O) groups is 1. The number of hydrogen-bond acceptors (Lipinski definition) is 4. The van der Waals surface area contributed by atoms with Crippen molar-refractivity contribution in [2.75, 3.05) is 0 Å². The summed E-state index contributed by atoms with van der Waals surface area (Å²) in [5.74, 6) is 6.20. The van der Waals surface area contributed by atoms with E-state index < -0.39 is 17.6 Å². The lowest BCUT2D eigenvalue weighted by Crippen LogP contribution is -2.26. The average molecular weight is 418 g/mol. The van der Waals surface area contributed by atoms with Crippen molar-refractivity contribution in [3.05, 3.63) is 65.0 Å². The number of aromatic nitrogens is 2. The largest absolute Gasteiger partial charge is 0.382 e. The van der Waals surface area contributed by atoms with Gasteiger partial charge in [-0.1, -0.05) is 36.6 Å². The van der Waals surface area contributed by atoms with Gasteiger partial charge in [0.15, 0.2) is 5.69 Å². The zero-order valence-corrected chi connectivity index (χ0v) is 18.0. The van der Waals surface area contributed by atoms with E-state index >= 15 is 0 Å². The monoisotopic (exact) mass is 417 g/mol. The summed E-state index contributed by atoms with van der Waals surface area (Å²) >= 11 is 0. The number of hydrogen-bond donors (Lipinski definition) is 3. The lowest BCUT2D eigenvalue weighted by Gasteiger charge is -2.36. The van der Waals surface area contributed by atoms with Crippen LogP contribution in [-0.2, 0) is 0 Å². The number of carbonyl (C=O) groups excluding carboxylic acids is 1. The van der Waals surface area contributed by atoms with E-state index in [1.807, 2.05) is 16.7 Å². The molecule has 1 fully saturated rings. The number of nitrogens with two attached hydrogens (primary N) is 1. The number of aliphatic hydroxyl groups excluding tert-OH is 1. The fraction of sp³-hybridized carbons (Fsp3) is 0.360. The van der Waals surface area contributed by atoms with Gasteiger partial charge in [0.05, 0.1) is 5.69 Å². The Morgan fingerprint density at radius 3 is 2.74 bits per heavy atom. The molecular weight excluding hydrogens is 390 g/mol. The summed E-state index contributed by atoms with van der Waals surface area (Å²) in [7, 11) is 0. The predicted octanol–water partition coefficient (Wildman–Crippen LogP) is 3.37. The summed E-state index contributed by atoms with van der Waals surface area (Å²) in [6, 6.07) is 6.09. The van der Waals surface area contributed by atoms with Crippen molar-refractivity contribution in [3.8, 4) is 23.2 Å². The fourth-order valence-corrected chi connectivity index (χ4v) is 4.40. The number of benzene rings is 1. The van der Waals surface area contributed by atoms with Gasteiger partial charge in [-0.25, -0.2) is 4.98 Å². The molecule has 3 aliphatic rings. The molecule has 0 spiro atoms. The molecule has 4 N–H and O–H groups in total. The first-order valence-electron chi connectivity index (χ1n) is 10.4. The Morgan fingerprint density at radius 2 is 2.13 bits per heavy atom. The highest BCUT2D eigenvalue weighted by atomic mass is 16.3. The van der Waals surface area contributed by atoms with Crippen molar-refractivity contribution in [1.82, 2.24) is 9.55 Å². The standard InChI is InChI=1S/C25H27N3O3/c1-5-6-14(2)22(29)21-20(23(26)30)27-24-19-11-15(9-10-25(3,4)31)7-8-18(19)16-12-17(13-16)28(21)24/h5-8,11,16-17,22,29,31H,1,12-13H2,2-4H3,(H2,26,30). The lowest BCUT2D eigenvalue weighted by molar-refractivity contribution is 0.0988. The summed E-state index contributed by atoms with van der Waals surface area (Å²) < 4.78 is 1.99. The minimum Gasteiger partial charge on any atom is -0.382 e. The van der Waals surface area contributed by atoms with Gasteiger partial charge < -0.3 is 20.5 Å². The second-order valence-electron chi connectivity index (χ2n) is 8.89. The van der Waals surface area contributed by atoms with Crippen LogP contribution in [0.2, 0.25) is 0 Å². The molecule has 5 rings (SSSR count). The lowest BCUT2D eigenvalue weighted by atomic mass is 9.75. The fourth-order valence-electron chi connectivity index (χ4n) is 4.40. The van der Waals surface area contributed by atoms with Gasteiger partial charge in [-0.15, -0.1) is 0 Å². The van der Waals surface area contributed by atoms with Crippen LogP contribution in [0.3, 0.4) is 0 Å². The molecular formula is C25H27N3O3. The number of aliphatic hydroxyl groups is 2. The Labute approximate surface area is 182 Å². The second-order valence-corrected chi connectivity index (χ2v) is 8.89. The van der Waals surface area contributed by atoms with Crippen molar-refractivity contribution >= 4 is 5.91 Å². The molecule has 1 aliphatic carbocycles. The maximum absolute atomic E-state index is 12.3. The minimum absolute atomic E-state index is 0.0867. The van der Waals surface area contributed by atoms with Crippen LogP contribution in [0.5, 0.6) is 0 Å². The van der Waals surface area contributed by atoms with Gasteiger partial charge in [-0.2, -0.15) is 0 Å². The molecule has 0 radical (unpaired) electrons. The number of nitrogens with zero attached hydrogens (tertiary/aromatic N) is 2. The van der Waals surface area contributed by atoms with Gasteiger partial charge in [-0.3, -0.25) is 4.79 Å². The number of rotatable bonds is 4. The van der Waals surface area contributed by atoms with Gasteiger partial charge in [0.1, 0.15) is 17.5 Å². The molecule has 1 amide bonds. The van der Waals surface area contributed by atoms with Crippen LogP contribution in [0.25, 0.3) is 11.4 Å². The molecule has 1 aromatic heterocycles. The normalized spacial score (nSPS) is 20.4. The van der Waals surface area contributed by atoms with Crippen LogP contribution in [0.1, 0.15) is 79.0 Å². The zero-order valence-electron chi connectivity index (χ0n) is 18.0. The molecule has 1 atom stereocenters. The highest BCUT2D eigenvalue weighted by Crippen LogP contribution is 2.53. The number of allylic oxidation sites excluding steroid dienone is 2. The second kappa shape index (κ2) is 7.52. The Kier molecular flexibility index (Phi) is 5.12. The minimum atomic E-state index is -1.10. The molecule has 1 saturated carbocycles. The Hall–Kier alpha value is -3.14. The van der Waals surface area contributed by atoms with E-state index in [1.165, 1.54) is 0 Å². The number of imidazole rings is 1. The van der Waals surface area contributed by atoms with Crippen LogP contribution >= 0.6 is 0 Å². The van der Waals surface area contributed by atoms with Crippen molar-refractivity contribution < 1.29 is 15.0 Å². The van der Waals surface area contributed by atoms with E-state index in [9.17, 15) is 15.0 Å². The van der Waals surface area contributed by atoms with E-state index in [1.54, 1.807) is 32.9 Å². The summed E-state index contributed by atoms with van der Waals surface area (Å²) in [6.45, 7) is 8.75. The van der Waals surface area contributed by atoms with E-state index in [2.05, 4.69) is 29.5 Å². The van der Waals surface area contributed by atoms with E-state index in [-0.39, 0.29) is 11.7 Å². The topological polar surface area (TPSA) is 101 Å².